The van der Waals surface area contributed by atoms with Crippen molar-refractivity contribution in [3.8, 4) is 11.1 Å². The van der Waals surface area contributed by atoms with Gasteiger partial charge in [0.2, 0.25) is 0 Å². The molecule has 1 aliphatic heterocycles. The Hall–Kier alpha value is -2.83. The van der Waals surface area contributed by atoms with Crippen LogP contribution in [0.5, 0.6) is 0 Å². The number of pyridine rings is 1. The predicted molar refractivity (Wildman–Crippen MR) is 119 cm³/mol. The highest BCUT2D eigenvalue weighted by Crippen LogP contribution is 2.30. The van der Waals surface area contributed by atoms with Crippen LogP contribution in [0.3, 0.4) is 0 Å². The van der Waals surface area contributed by atoms with Gasteiger partial charge >= 0.3 is 0 Å². The number of fused-ring (bicyclic) bond motifs is 2. The van der Waals surface area contributed by atoms with Crippen LogP contribution < -0.4 is 0 Å². The van der Waals surface area contributed by atoms with Gasteiger partial charge in [0, 0.05) is 47.8 Å². The van der Waals surface area contributed by atoms with Gasteiger partial charge < -0.3 is 4.74 Å². The molecule has 0 amide bonds. The highest BCUT2D eigenvalue weighted by Gasteiger charge is 2.23. The maximum atomic E-state index is 5.50. The second kappa shape index (κ2) is 7.45. The van der Waals surface area contributed by atoms with Crippen LogP contribution in [0, 0.1) is 0 Å². The summed E-state index contributed by atoms with van der Waals surface area (Å²) < 4.78 is 7.50. The van der Waals surface area contributed by atoms with E-state index in [1.165, 1.54) is 0 Å². The summed E-state index contributed by atoms with van der Waals surface area (Å²) in [4.78, 5) is 12.1. The lowest BCUT2D eigenvalue weighted by atomic mass is 9.91. The minimum absolute atomic E-state index is 0.0497. The van der Waals surface area contributed by atoms with E-state index in [2.05, 4.69) is 48.9 Å². The van der Waals surface area contributed by atoms with Crippen LogP contribution >= 0.6 is 0 Å². The Balaban J connectivity index is 1.64. The molecule has 4 heterocycles. The summed E-state index contributed by atoms with van der Waals surface area (Å²) in [6.07, 6.45) is 3.84. The number of nitrogens with zero attached hydrogens (tertiary/aromatic N) is 5. The number of hydrogen-bond donors (Lipinski definition) is 0. The zero-order chi connectivity index (χ0) is 20.7. The fourth-order valence-electron chi connectivity index (χ4n) is 4.04. The van der Waals surface area contributed by atoms with Gasteiger partial charge in [-0.25, -0.2) is 9.50 Å². The van der Waals surface area contributed by atoms with Crippen molar-refractivity contribution < 1.29 is 4.74 Å². The number of ether oxygens (including phenoxy) is 1. The van der Waals surface area contributed by atoms with Gasteiger partial charge in [0.25, 0.3) is 0 Å². The first-order valence-electron chi connectivity index (χ1n) is 10.5. The Morgan fingerprint density at radius 3 is 2.63 bits per heavy atom. The van der Waals surface area contributed by atoms with Crippen LogP contribution in [0.1, 0.15) is 32.2 Å². The van der Waals surface area contributed by atoms with Crippen molar-refractivity contribution in [2.24, 2.45) is 0 Å². The van der Waals surface area contributed by atoms with Crippen LogP contribution in [-0.4, -0.2) is 50.8 Å². The Kier molecular flexibility index (Phi) is 4.76. The van der Waals surface area contributed by atoms with Crippen LogP contribution in [0.25, 0.3) is 27.7 Å². The fraction of sp³-hybridized carbons (Fsp3) is 0.375. The molecule has 0 radical (unpaired) electrons. The topological polar surface area (TPSA) is 55.5 Å². The van der Waals surface area contributed by atoms with Crippen LogP contribution in [0.4, 0.5) is 0 Å². The van der Waals surface area contributed by atoms with E-state index in [1.54, 1.807) is 0 Å². The van der Waals surface area contributed by atoms with E-state index in [9.17, 15) is 0 Å². The van der Waals surface area contributed by atoms with E-state index >= 15 is 0 Å². The van der Waals surface area contributed by atoms with Gasteiger partial charge in [0.15, 0.2) is 5.65 Å². The molecule has 0 unspecified atom stereocenters. The van der Waals surface area contributed by atoms with Gasteiger partial charge in [-0.15, -0.1) is 0 Å². The molecule has 6 nitrogen and oxygen atoms in total. The molecule has 1 saturated heterocycles. The number of morpholine rings is 1. The van der Waals surface area contributed by atoms with Crippen LogP contribution in [0.2, 0.25) is 0 Å². The normalized spacial score (nSPS) is 15.8. The van der Waals surface area contributed by atoms with E-state index in [0.29, 0.717) is 0 Å². The van der Waals surface area contributed by atoms with Crippen LogP contribution in [-0.2, 0) is 16.7 Å². The van der Waals surface area contributed by atoms with Gasteiger partial charge in [-0.3, -0.25) is 9.88 Å². The minimum Gasteiger partial charge on any atom is -0.379 e. The molecule has 5 rings (SSSR count). The first kappa shape index (κ1) is 19.2. The Morgan fingerprint density at radius 2 is 1.83 bits per heavy atom. The third kappa shape index (κ3) is 3.57. The van der Waals surface area contributed by atoms with E-state index in [-0.39, 0.29) is 5.41 Å². The fourth-order valence-corrected chi connectivity index (χ4v) is 4.04. The largest absolute Gasteiger partial charge is 0.379 e. The lowest BCUT2D eigenvalue weighted by Crippen LogP contribution is -2.36. The van der Waals surface area contributed by atoms with Gasteiger partial charge in [-0.1, -0.05) is 39.0 Å². The SMILES string of the molecule is CC(C)(C)c1cc(CN2CCOCC2)nc2c(-c3cnc4ccccc4c3)cnn12. The average molecular weight is 402 g/mol. The highest BCUT2D eigenvalue weighted by molar-refractivity contribution is 5.86. The quantitative estimate of drug-likeness (QED) is 0.518. The molecule has 0 atom stereocenters. The Labute approximate surface area is 176 Å². The zero-order valence-corrected chi connectivity index (χ0v) is 17.8. The number of hydrogen-bond acceptors (Lipinski definition) is 5. The van der Waals surface area contributed by atoms with Gasteiger partial charge in [0.1, 0.15) is 0 Å². The first-order chi connectivity index (χ1) is 14.5. The second-order valence-corrected chi connectivity index (χ2v) is 8.98. The molecule has 0 aliphatic carbocycles. The summed E-state index contributed by atoms with van der Waals surface area (Å²) in [6, 6.07) is 12.6. The molecule has 30 heavy (non-hydrogen) atoms. The van der Waals surface area contributed by atoms with E-state index < -0.39 is 0 Å². The first-order valence-corrected chi connectivity index (χ1v) is 10.5. The monoisotopic (exact) mass is 401 g/mol. The maximum Gasteiger partial charge on any atom is 0.163 e. The molecule has 6 heteroatoms. The summed E-state index contributed by atoms with van der Waals surface area (Å²) >= 11 is 0. The molecule has 0 N–H and O–H groups in total. The Morgan fingerprint density at radius 1 is 1.03 bits per heavy atom. The summed E-state index contributed by atoms with van der Waals surface area (Å²) in [6.45, 7) is 10.9. The molecule has 154 valence electrons. The van der Waals surface area contributed by atoms with Crippen LogP contribution in [0.15, 0.2) is 48.8 Å². The van der Waals surface area contributed by atoms with Crippen molar-refractivity contribution in [3.05, 3.63) is 60.2 Å². The van der Waals surface area contributed by atoms with Crippen molar-refractivity contribution in [3.63, 3.8) is 0 Å². The number of benzene rings is 1. The van der Waals surface area contributed by atoms with Gasteiger partial charge in [0.05, 0.1) is 36.3 Å². The second-order valence-electron chi connectivity index (χ2n) is 8.98. The van der Waals surface area contributed by atoms with E-state index in [1.807, 2.05) is 35.1 Å². The average Bonchev–Trinajstić information content (AvgIpc) is 3.16. The molecule has 0 saturated carbocycles. The lowest BCUT2D eigenvalue weighted by molar-refractivity contribution is 0.0336. The van der Waals surface area contributed by atoms with Crippen molar-refractivity contribution in [2.75, 3.05) is 26.3 Å². The molecule has 1 aromatic carbocycles. The van der Waals surface area contributed by atoms with Crippen molar-refractivity contribution in [2.45, 2.75) is 32.7 Å². The lowest BCUT2D eigenvalue weighted by Gasteiger charge is -2.27. The summed E-state index contributed by atoms with van der Waals surface area (Å²) in [5.74, 6) is 0. The molecule has 0 spiro atoms. The summed E-state index contributed by atoms with van der Waals surface area (Å²) in [5.41, 5.74) is 6.13. The molecular formula is C24H27N5O. The summed E-state index contributed by atoms with van der Waals surface area (Å²) in [5, 5.41) is 5.84. The third-order valence-electron chi connectivity index (χ3n) is 5.68. The van der Waals surface area contributed by atoms with E-state index in [4.69, 9.17) is 14.8 Å². The molecular weight excluding hydrogens is 374 g/mol. The number of aromatic nitrogens is 4. The number of rotatable bonds is 3. The van der Waals surface area contributed by atoms with Gasteiger partial charge in [-0.2, -0.15) is 5.10 Å². The Bertz CT molecular complexity index is 1200. The smallest absolute Gasteiger partial charge is 0.163 e. The molecule has 1 fully saturated rings. The number of para-hydroxylation sites is 1. The van der Waals surface area contributed by atoms with Crippen molar-refractivity contribution >= 4 is 16.6 Å². The highest BCUT2D eigenvalue weighted by atomic mass is 16.5. The molecule has 3 aromatic heterocycles. The third-order valence-corrected chi connectivity index (χ3v) is 5.68. The molecule has 0 bridgehead atoms. The molecule has 1 aliphatic rings. The zero-order valence-electron chi connectivity index (χ0n) is 17.8. The van der Waals surface area contributed by atoms with Crippen molar-refractivity contribution in [1.82, 2.24) is 24.5 Å². The standard InChI is InChI=1S/C24H27N5O/c1-24(2,3)22-13-19(16-28-8-10-30-11-9-28)27-23-20(15-26-29(22)23)18-12-17-6-4-5-7-21(17)25-14-18/h4-7,12-15H,8-11,16H2,1-3H3. The summed E-state index contributed by atoms with van der Waals surface area (Å²) in [7, 11) is 0. The van der Waals surface area contributed by atoms with Crippen molar-refractivity contribution in [1.29, 1.82) is 0 Å². The van der Waals surface area contributed by atoms with Gasteiger partial charge in [-0.05, 0) is 18.2 Å². The predicted octanol–water partition coefficient (Wildman–Crippen LogP) is 4.07. The maximum absolute atomic E-state index is 5.50. The van der Waals surface area contributed by atoms with E-state index in [0.717, 1.165) is 71.9 Å². The molecule has 4 aromatic rings. The minimum atomic E-state index is -0.0497.